The SMILES string of the molecule is COc1c(C)cc2c(c1OC)C(=O)c1ccccc1C2=O. The Morgan fingerprint density at radius 1 is 0.810 bits per heavy atom. The lowest BCUT2D eigenvalue weighted by molar-refractivity contribution is 0.0976. The van der Waals surface area contributed by atoms with Gasteiger partial charge in [0.1, 0.15) is 0 Å². The molecule has 0 spiro atoms. The summed E-state index contributed by atoms with van der Waals surface area (Å²) >= 11 is 0. The minimum absolute atomic E-state index is 0.163. The average Bonchev–Trinajstić information content (AvgIpc) is 2.51. The summed E-state index contributed by atoms with van der Waals surface area (Å²) in [5, 5.41) is 0. The Labute approximate surface area is 122 Å². The first-order valence-electron chi connectivity index (χ1n) is 6.54. The van der Waals surface area contributed by atoms with E-state index in [2.05, 4.69) is 0 Å². The number of ketones is 2. The molecule has 0 aliphatic heterocycles. The molecule has 0 saturated carbocycles. The van der Waals surface area contributed by atoms with E-state index < -0.39 is 0 Å². The topological polar surface area (TPSA) is 52.6 Å². The van der Waals surface area contributed by atoms with Crippen LogP contribution in [0.1, 0.15) is 37.4 Å². The highest BCUT2D eigenvalue weighted by atomic mass is 16.5. The maximum atomic E-state index is 12.7. The maximum Gasteiger partial charge on any atom is 0.198 e. The van der Waals surface area contributed by atoms with Crippen LogP contribution in [0.15, 0.2) is 30.3 Å². The quantitative estimate of drug-likeness (QED) is 0.725. The lowest BCUT2D eigenvalue weighted by atomic mass is 9.82. The summed E-state index contributed by atoms with van der Waals surface area (Å²) in [5.41, 5.74) is 2.24. The van der Waals surface area contributed by atoms with Crippen molar-refractivity contribution in [2.75, 3.05) is 14.2 Å². The van der Waals surface area contributed by atoms with Gasteiger partial charge in [-0.25, -0.2) is 0 Å². The fourth-order valence-corrected chi connectivity index (χ4v) is 2.78. The molecule has 2 aromatic rings. The molecule has 4 heteroatoms. The third-order valence-corrected chi connectivity index (χ3v) is 3.72. The predicted molar refractivity (Wildman–Crippen MR) is 77.6 cm³/mol. The largest absolute Gasteiger partial charge is 0.493 e. The van der Waals surface area contributed by atoms with E-state index in [1.165, 1.54) is 14.2 Å². The molecule has 21 heavy (non-hydrogen) atoms. The molecule has 1 aliphatic carbocycles. The number of aryl methyl sites for hydroxylation is 1. The molecule has 1 aliphatic rings. The summed E-state index contributed by atoms with van der Waals surface area (Å²) in [4.78, 5) is 25.3. The smallest absolute Gasteiger partial charge is 0.198 e. The van der Waals surface area contributed by atoms with Crippen LogP contribution in [0, 0.1) is 6.92 Å². The van der Waals surface area contributed by atoms with Crippen LogP contribution in [-0.4, -0.2) is 25.8 Å². The minimum atomic E-state index is -0.213. The van der Waals surface area contributed by atoms with Crippen molar-refractivity contribution >= 4 is 11.6 Å². The van der Waals surface area contributed by atoms with Gasteiger partial charge in [-0.2, -0.15) is 0 Å². The van der Waals surface area contributed by atoms with E-state index in [-0.39, 0.29) is 17.1 Å². The van der Waals surface area contributed by atoms with Crippen molar-refractivity contribution < 1.29 is 19.1 Å². The second-order valence-electron chi connectivity index (χ2n) is 4.89. The van der Waals surface area contributed by atoms with E-state index in [4.69, 9.17) is 9.47 Å². The van der Waals surface area contributed by atoms with Gasteiger partial charge in [0.15, 0.2) is 23.1 Å². The van der Waals surface area contributed by atoms with Crippen molar-refractivity contribution in [1.29, 1.82) is 0 Å². The van der Waals surface area contributed by atoms with Crippen molar-refractivity contribution in [2.45, 2.75) is 6.92 Å². The van der Waals surface area contributed by atoms with Gasteiger partial charge in [-0.05, 0) is 18.6 Å². The number of hydrogen-bond acceptors (Lipinski definition) is 4. The van der Waals surface area contributed by atoms with Gasteiger partial charge in [0, 0.05) is 16.7 Å². The molecule has 0 amide bonds. The van der Waals surface area contributed by atoms with Crippen LogP contribution in [0.2, 0.25) is 0 Å². The predicted octanol–water partition coefficient (Wildman–Crippen LogP) is 2.79. The van der Waals surface area contributed by atoms with E-state index in [0.29, 0.717) is 28.2 Å². The Kier molecular flexibility index (Phi) is 3.01. The third-order valence-electron chi connectivity index (χ3n) is 3.72. The second-order valence-corrected chi connectivity index (χ2v) is 4.89. The molecule has 106 valence electrons. The van der Waals surface area contributed by atoms with E-state index in [1.54, 1.807) is 30.3 Å². The van der Waals surface area contributed by atoms with Gasteiger partial charge < -0.3 is 9.47 Å². The number of carbonyl (C=O) groups is 2. The van der Waals surface area contributed by atoms with Crippen molar-refractivity contribution in [3.8, 4) is 11.5 Å². The fraction of sp³-hybridized carbons (Fsp3) is 0.176. The molecule has 4 nitrogen and oxygen atoms in total. The number of carbonyl (C=O) groups excluding carboxylic acids is 2. The summed E-state index contributed by atoms with van der Waals surface area (Å²) < 4.78 is 10.7. The number of ether oxygens (including phenoxy) is 2. The zero-order valence-electron chi connectivity index (χ0n) is 12.0. The fourth-order valence-electron chi connectivity index (χ4n) is 2.78. The summed E-state index contributed by atoms with van der Waals surface area (Å²) in [7, 11) is 2.98. The Morgan fingerprint density at radius 2 is 1.38 bits per heavy atom. The first kappa shape index (κ1) is 13.4. The van der Waals surface area contributed by atoms with Gasteiger partial charge in [0.05, 0.1) is 19.8 Å². The number of fused-ring (bicyclic) bond motifs is 2. The minimum Gasteiger partial charge on any atom is -0.493 e. The summed E-state index contributed by atoms with van der Waals surface area (Å²) in [6.45, 7) is 1.82. The molecule has 0 N–H and O–H groups in total. The number of hydrogen-bond donors (Lipinski definition) is 0. The molecular weight excluding hydrogens is 268 g/mol. The summed E-state index contributed by atoms with van der Waals surface area (Å²) in [6, 6.07) is 8.51. The summed E-state index contributed by atoms with van der Waals surface area (Å²) in [5.74, 6) is 0.428. The Balaban J connectivity index is 2.38. The zero-order valence-corrected chi connectivity index (χ0v) is 12.0. The Hall–Kier alpha value is -2.62. The normalized spacial score (nSPS) is 12.7. The van der Waals surface area contributed by atoms with Gasteiger partial charge in [0.2, 0.25) is 0 Å². The van der Waals surface area contributed by atoms with Crippen molar-refractivity contribution in [3.05, 3.63) is 58.1 Å². The van der Waals surface area contributed by atoms with E-state index in [1.807, 2.05) is 6.92 Å². The second kappa shape index (κ2) is 4.74. The first-order chi connectivity index (χ1) is 10.1. The van der Waals surface area contributed by atoms with Gasteiger partial charge in [-0.1, -0.05) is 24.3 Å². The van der Waals surface area contributed by atoms with Crippen LogP contribution >= 0.6 is 0 Å². The molecule has 0 radical (unpaired) electrons. The van der Waals surface area contributed by atoms with Gasteiger partial charge >= 0.3 is 0 Å². The van der Waals surface area contributed by atoms with Crippen LogP contribution in [0.25, 0.3) is 0 Å². The lowest BCUT2D eigenvalue weighted by Crippen LogP contribution is -2.22. The Bertz CT molecular complexity index is 775. The molecule has 0 aromatic heterocycles. The molecule has 3 rings (SSSR count). The summed E-state index contributed by atoms with van der Waals surface area (Å²) in [6.07, 6.45) is 0. The molecule has 0 saturated heterocycles. The molecule has 0 fully saturated rings. The van der Waals surface area contributed by atoms with E-state index >= 15 is 0 Å². The standard InChI is InChI=1S/C17H14O4/c1-9-8-12-13(17(21-3)16(9)20-2)15(19)11-7-5-4-6-10(11)14(12)18/h4-8H,1-3H3. The number of benzene rings is 2. The highest BCUT2D eigenvalue weighted by Crippen LogP contribution is 2.41. The van der Waals surface area contributed by atoms with E-state index in [0.717, 1.165) is 5.56 Å². The van der Waals surface area contributed by atoms with Crippen molar-refractivity contribution in [2.24, 2.45) is 0 Å². The van der Waals surface area contributed by atoms with Crippen LogP contribution in [-0.2, 0) is 0 Å². The molecule has 0 unspecified atom stereocenters. The first-order valence-corrected chi connectivity index (χ1v) is 6.54. The van der Waals surface area contributed by atoms with Crippen LogP contribution in [0.4, 0.5) is 0 Å². The van der Waals surface area contributed by atoms with Crippen molar-refractivity contribution in [3.63, 3.8) is 0 Å². The van der Waals surface area contributed by atoms with Crippen LogP contribution in [0.3, 0.4) is 0 Å². The maximum absolute atomic E-state index is 12.7. The van der Waals surface area contributed by atoms with E-state index in [9.17, 15) is 9.59 Å². The van der Waals surface area contributed by atoms with Crippen LogP contribution < -0.4 is 9.47 Å². The zero-order chi connectivity index (χ0) is 15.1. The average molecular weight is 282 g/mol. The monoisotopic (exact) mass is 282 g/mol. The van der Waals surface area contributed by atoms with Crippen LogP contribution in [0.5, 0.6) is 11.5 Å². The van der Waals surface area contributed by atoms with Crippen molar-refractivity contribution in [1.82, 2.24) is 0 Å². The number of rotatable bonds is 2. The molecular formula is C17H14O4. The molecule has 0 bridgehead atoms. The highest BCUT2D eigenvalue weighted by Gasteiger charge is 2.34. The molecule has 0 heterocycles. The lowest BCUT2D eigenvalue weighted by Gasteiger charge is -2.22. The highest BCUT2D eigenvalue weighted by molar-refractivity contribution is 6.29. The third kappa shape index (κ3) is 1.76. The molecule has 0 atom stereocenters. The number of methoxy groups -OCH3 is 2. The van der Waals surface area contributed by atoms with Gasteiger partial charge in [0.25, 0.3) is 0 Å². The van der Waals surface area contributed by atoms with Gasteiger partial charge in [-0.15, -0.1) is 0 Å². The van der Waals surface area contributed by atoms with Gasteiger partial charge in [-0.3, -0.25) is 9.59 Å². The molecule has 2 aromatic carbocycles. The Morgan fingerprint density at radius 3 is 1.95 bits per heavy atom.